The monoisotopic (exact) mass is 239 g/mol. The molecule has 3 rings (SSSR count). The van der Waals surface area contributed by atoms with Gasteiger partial charge in [-0.15, -0.1) is 0 Å². The van der Waals surface area contributed by atoms with Gasteiger partial charge in [-0.25, -0.2) is 4.79 Å². The Bertz CT molecular complexity index is 333. The summed E-state index contributed by atoms with van der Waals surface area (Å²) in [5.41, 5.74) is -0.444. The fourth-order valence-corrected chi connectivity index (χ4v) is 2.82. The number of hydrogen-bond donors (Lipinski definition) is 0. The van der Waals surface area contributed by atoms with Crippen LogP contribution in [0, 0.1) is 5.92 Å². The highest BCUT2D eigenvalue weighted by atomic mass is 16.6. The Morgan fingerprint density at radius 1 is 1.12 bits per heavy atom. The summed E-state index contributed by atoms with van der Waals surface area (Å²) in [5.74, 6) is 0.404. The number of ketones is 1. The molecule has 0 spiro atoms. The molecule has 17 heavy (non-hydrogen) atoms. The van der Waals surface area contributed by atoms with Gasteiger partial charge in [0.05, 0.1) is 0 Å². The number of fused-ring (bicyclic) bond motifs is 2. The van der Waals surface area contributed by atoms with E-state index in [-0.39, 0.29) is 29.9 Å². The van der Waals surface area contributed by atoms with Crippen LogP contribution in [0.3, 0.4) is 0 Å². The fraction of sp³-hybridized carbons (Fsp3) is 0.846. The van der Waals surface area contributed by atoms with Crippen LogP contribution in [0.15, 0.2) is 0 Å². The molecule has 2 heterocycles. The first-order valence-corrected chi connectivity index (χ1v) is 6.29. The normalized spacial score (nSPS) is 31.8. The Labute approximate surface area is 102 Å². The van der Waals surface area contributed by atoms with E-state index in [1.807, 2.05) is 25.7 Å². The highest BCUT2D eigenvalue weighted by molar-refractivity contribution is 5.79. The molecule has 0 aromatic heterocycles. The molecule has 1 unspecified atom stereocenters. The van der Waals surface area contributed by atoms with Crippen LogP contribution in [0.25, 0.3) is 0 Å². The second-order valence-electron chi connectivity index (χ2n) is 6.21. The van der Waals surface area contributed by atoms with Crippen molar-refractivity contribution in [3.8, 4) is 0 Å². The molecule has 2 saturated heterocycles. The average molecular weight is 239 g/mol. The van der Waals surface area contributed by atoms with E-state index in [0.29, 0.717) is 0 Å². The van der Waals surface area contributed by atoms with Crippen molar-refractivity contribution in [2.24, 2.45) is 5.92 Å². The van der Waals surface area contributed by atoms with Crippen molar-refractivity contribution in [3.63, 3.8) is 0 Å². The van der Waals surface area contributed by atoms with Gasteiger partial charge in [0.25, 0.3) is 0 Å². The second-order valence-corrected chi connectivity index (χ2v) is 6.21. The lowest BCUT2D eigenvalue weighted by atomic mass is 9.72. The van der Waals surface area contributed by atoms with Gasteiger partial charge < -0.3 is 9.64 Å². The quantitative estimate of drug-likeness (QED) is 0.705. The first-order chi connectivity index (χ1) is 7.78. The Morgan fingerprint density at radius 2 is 1.65 bits per heavy atom. The molecule has 3 aliphatic rings. The molecule has 4 heteroatoms. The van der Waals surface area contributed by atoms with Gasteiger partial charge in [0, 0.05) is 18.0 Å². The standard InChI is InChI=1S/C13H21NO3/c1-8(15)9-5-10-7-11(6-9)14(10)12(16)17-13(2,3)4/h9-11H,5-7H2,1-4H3/t9?,10-,11+. The highest BCUT2D eigenvalue weighted by Crippen LogP contribution is 2.42. The largest absolute Gasteiger partial charge is 0.444 e. The third kappa shape index (κ3) is 2.45. The number of Topliss-reactive ketones (excluding diaryl/α,β-unsaturated/α-hetero) is 1. The molecule has 3 atom stereocenters. The maximum Gasteiger partial charge on any atom is 0.410 e. The first-order valence-electron chi connectivity index (χ1n) is 6.29. The minimum atomic E-state index is -0.444. The lowest BCUT2D eigenvalue weighted by Gasteiger charge is -2.54. The van der Waals surface area contributed by atoms with E-state index in [1.54, 1.807) is 6.92 Å². The summed E-state index contributed by atoms with van der Waals surface area (Å²) in [4.78, 5) is 25.1. The molecule has 2 aliphatic heterocycles. The van der Waals surface area contributed by atoms with Crippen LogP contribution in [0.2, 0.25) is 0 Å². The van der Waals surface area contributed by atoms with E-state index in [1.165, 1.54) is 0 Å². The molecule has 0 aromatic carbocycles. The van der Waals surface area contributed by atoms with Crippen LogP contribution in [-0.2, 0) is 9.53 Å². The van der Waals surface area contributed by atoms with E-state index < -0.39 is 5.60 Å². The van der Waals surface area contributed by atoms with Crippen molar-refractivity contribution in [3.05, 3.63) is 0 Å². The third-order valence-corrected chi connectivity index (χ3v) is 3.62. The molecule has 1 amide bonds. The van der Waals surface area contributed by atoms with E-state index in [9.17, 15) is 9.59 Å². The minimum Gasteiger partial charge on any atom is -0.444 e. The maximum absolute atomic E-state index is 11.9. The van der Waals surface area contributed by atoms with Crippen LogP contribution >= 0.6 is 0 Å². The smallest absolute Gasteiger partial charge is 0.410 e. The highest BCUT2D eigenvalue weighted by Gasteiger charge is 2.49. The molecule has 96 valence electrons. The summed E-state index contributed by atoms with van der Waals surface area (Å²) < 4.78 is 5.38. The Balaban J connectivity index is 1.95. The molecule has 4 nitrogen and oxygen atoms in total. The number of piperidine rings is 1. The number of hydrogen-bond acceptors (Lipinski definition) is 3. The molecular weight excluding hydrogens is 218 g/mol. The summed E-state index contributed by atoms with van der Waals surface area (Å²) in [5, 5.41) is 0. The molecule has 0 radical (unpaired) electrons. The number of ether oxygens (including phenoxy) is 1. The summed E-state index contributed by atoms with van der Waals surface area (Å²) >= 11 is 0. The molecule has 0 aromatic rings. The van der Waals surface area contributed by atoms with Crippen LogP contribution in [-0.4, -0.2) is 34.5 Å². The molecular formula is C13H21NO3. The van der Waals surface area contributed by atoms with Crippen molar-refractivity contribution < 1.29 is 14.3 Å². The van der Waals surface area contributed by atoms with Crippen molar-refractivity contribution in [2.75, 3.05) is 0 Å². The second kappa shape index (κ2) is 4.00. The Hall–Kier alpha value is -1.06. The van der Waals surface area contributed by atoms with E-state index in [0.717, 1.165) is 19.3 Å². The van der Waals surface area contributed by atoms with E-state index >= 15 is 0 Å². The number of nitrogens with zero attached hydrogens (tertiary/aromatic N) is 1. The predicted molar refractivity (Wildman–Crippen MR) is 63.7 cm³/mol. The van der Waals surface area contributed by atoms with Gasteiger partial charge in [0.15, 0.2) is 0 Å². The molecule has 0 N–H and O–H groups in total. The van der Waals surface area contributed by atoms with E-state index in [2.05, 4.69) is 0 Å². The predicted octanol–water partition coefficient (Wildman–Crippen LogP) is 2.36. The van der Waals surface area contributed by atoms with Gasteiger partial charge in [-0.05, 0) is 47.0 Å². The molecule has 1 saturated carbocycles. The van der Waals surface area contributed by atoms with Gasteiger partial charge >= 0.3 is 6.09 Å². The van der Waals surface area contributed by atoms with E-state index in [4.69, 9.17) is 4.74 Å². The topological polar surface area (TPSA) is 46.6 Å². The molecule has 1 aliphatic carbocycles. The summed E-state index contributed by atoms with van der Waals surface area (Å²) in [6.07, 6.45) is 2.43. The van der Waals surface area contributed by atoms with Crippen molar-refractivity contribution in [1.82, 2.24) is 4.90 Å². The number of carbonyl (C=O) groups excluding carboxylic acids is 2. The zero-order chi connectivity index (χ0) is 12.8. The van der Waals surface area contributed by atoms with Crippen LogP contribution in [0.1, 0.15) is 47.0 Å². The SMILES string of the molecule is CC(=O)C1C[C@@H]2C[C@H](C1)N2C(=O)OC(C)(C)C. The van der Waals surface area contributed by atoms with Crippen LogP contribution in [0.4, 0.5) is 4.79 Å². The van der Waals surface area contributed by atoms with Crippen molar-refractivity contribution in [2.45, 2.75) is 64.6 Å². The Kier molecular flexibility index (Phi) is 2.92. The lowest BCUT2D eigenvalue weighted by molar-refractivity contribution is -0.128. The minimum absolute atomic E-state index is 0.150. The first kappa shape index (κ1) is 12.4. The van der Waals surface area contributed by atoms with Crippen molar-refractivity contribution in [1.29, 1.82) is 0 Å². The fourth-order valence-electron chi connectivity index (χ4n) is 2.82. The molecule has 3 fully saturated rings. The maximum atomic E-state index is 11.9. The summed E-state index contributed by atoms with van der Waals surface area (Å²) in [6, 6.07) is 0.440. The van der Waals surface area contributed by atoms with Gasteiger partial charge in [0.2, 0.25) is 0 Å². The van der Waals surface area contributed by atoms with Crippen LogP contribution < -0.4 is 0 Å². The van der Waals surface area contributed by atoms with Gasteiger partial charge in [-0.2, -0.15) is 0 Å². The number of amides is 1. The average Bonchev–Trinajstić information content (AvgIpc) is 2.14. The van der Waals surface area contributed by atoms with Gasteiger partial charge in [-0.1, -0.05) is 0 Å². The van der Waals surface area contributed by atoms with Crippen LogP contribution in [0.5, 0.6) is 0 Å². The third-order valence-electron chi connectivity index (χ3n) is 3.62. The zero-order valence-corrected chi connectivity index (χ0v) is 11.0. The van der Waals surface area contributed by atoms with Gasteiger partial charge in [0.1, 0.15) is 11.4 Å². The van der Waals surface area contributed by atoms with Gasteiger partial charge in [-0.3, -0.25) is 4.79 Å². The zero-order valence-electron chi connectivity index (χ0n) is 11.0. The summed E-state index contributed by atoms with van der Waals surface area (Å²) in [7, 11) is 0. The molecule has 2 bridgehead atoms. The Morgan fingerprint density at radius 3 is 2.06 bits per heavy atom. The lowest BCUT2D eigenvalue weighted by Crippen LogP contribution is -2.64. The summed E-state index contributed by atoms with van der Waals surface area (Å²) in [6.45, 7) is 7.27. The van der Waals surface area contributed by atoms with Crippen molar-refractivity contribution >= 4 is 11.9 Å². The number of rotatable bonds is 1. The number of carbonyl (C=O) groups is 2.